The van der Waals surface area contributed by atoms with Crippen molar-refractivity contribution in [3.63, 3.8) is 0 Å². The number of hydrogen-bond donors (Lipinski definition) is 1. The number of carbonyl (C=O) groups excluding carboxylic acids is 1. The van der Waals surface area contributed by atoms with Gasteiger partial charge in [0.05, 0.1) is 19.6 Å². The molecule has 1 aromatic carbocycles. The highest BCUT2D eigenvalue weighted by molar-refractivity contribution is 5.78. The molecule has 0 aliphatic carbocycles. The quantitative estimate of drug-likeness (QED) is 0.875. The first-order valence-corrected chi connectivity index (χ1v) is 7.61. The van der Waals surface area contributed by atoms with Crippen LogP contribution in [-0.2, 0) is 16.0 Å². The largest absolute Gasteiger partial charge is 0.497 e. The van der Waals surface area contributed by atoms with Crippen LogP contribution in [0.2, 0.25) is 0 Å². The highest BCUT2D eigenvalue weighted by Gasteiger charge is 2.30. The molecule has 0 spiro atoms. The van der Waals surface area contributed by atoms with E-state index in [0.29, 0.717) is 24.8 Å². The second kappa shape index (κ2) is 7.46. The summed E-state index contributed by atoms with van der Waals surface area (Å²) in [4.78, 5) is 12.1. The minimum absolute atomic E-state index is 0.0534. The molecule has 1 fully saturated rings. The first-order chi connectivity index (χ1) is 10.1. The monoisotopic (exact) mass is 291 g/mol. The maximum absolute atomic E-state index is 12.1. The van der Waals surface area contributed by atoms with E-state index in [9.17, 15) is 4.79 Å². The molecule has 0 radical (unpaired) electrons. The van der Waals surface area contributed by atoms with Crippen molar-refractivity contribution in [3.8, 4) is 5.75 Å². The van der Waals surface area contributed by atoms with E-state index in [1.807, 2.05) is 24.3 Å². The number of rotatable bonds is 6. The van der Waals surface area contributed by atoms with E-state index < -0.39 is 0 Å². The Balaban J connectivity index is 1.82. The Labute approximate surface area is 126 Å². The molecular formula is C17H25NO3. The molecule has 0 unspecified atom stereocenters. The molecule has 1 amide bonds. The molecule has 1 saturated heterocycles. The third-order valence-corrected chi connectivity index (χ3v) is 3.98. The lowest BCUT2D eigenvalue weighted by Gasteiger charge is -2.22. The maximum atomic E-state index is 12.1. The normalized spacial score (nSPS) is 21.5. The fraction of sp³-hybridized carbons (Fsp3) is 0.588. The summed E-state index contributed by atoms with van der Waals surface area (Å²) in [6.07, 6.45) is 1.68. The second-order valence-electron chi connectivity index (χ2n) is 5.96. The van der Waals surface area contributed by atoms with Crippen LogP contribution in [0, 0.1) is 11.8 Å². The van der Waals surface area contributed by atoms with Crippen LogP contribution < -0.4 is 10.1 Å². The van der Waals surface area contributed by atoms with Gasteiger partial charge in [0.1, 0.15) is 5.75 Å². The highest BCUT2D eigenvalue weighted by Crippen LogP contribution is 2.26. The van der Waals surface area contributed by atoms with E-state index in [1.54, 1.807) is 7.11 Å². The summed E-state index contributed by atoms with van der Waals surface area (Å²) in [6, 6.07) is 7.62. The van der Waals surface area contributed by atoms with Crippen molar-refractivity contribution >= 4 is 5.91 Å². The number of methoxy groups -OCH3 is 1. The van der Waals surface area contributed by atoms with Crippen LogP contribution in [-0.4, -0.2) is 32.3 Å². The van der Waals surface area contributed by atoms with Gasteiger partial charge in [0.2, 0.25) is 5.91 Å². The Morgan fingerprint density at radius 1 is 1.48 bits per heavy atom. The lowest BCUT2D eigenvalue weighted by atomic mass is 9.93. The summed E-state index contributed by atoms with van der Waals surface area (Å²) in [7, 11) is 1.63. The average molecular weight is 291 g/mol. The first kappa shape index (κ1) is 15.8. The number of amides is 1. The third kappa shape index (κ3) is 4.46. The minimum Gasteiger partial charge on any atom is -0.497 e. The topological polar surface area (TPSA) is 47.6 Å². The molecule has 1 aliphatic rings. The summed E-state index contributed by atoms with van der Waals surface area (Å²) in [5.74, 6) is 1.76. The standard InChI is InChI=1S/C17H25NO3/c1-12(2)17-14(7-8-21-17)11-18-16(19)10-13-5-4-6-15(9-13)20-3/h4-6,9,12,14,17H,7-8,10-11H2,1-3H3,(H,18,19)/t14-,17+/m1/s1. The van der Waals surface area contributed by atoms with E-state index in [2.05, 4.69) is 19.2 Å². The Morgan fingerprint density at radius 3 is 3.00 bits per heavy atom. The Kier molecular flexibility index (Phi) is 5.62. The molecule has 21 heavy (non-hydrogen) atoms. The van der Waals surface area contributed by atoms with Gasteiger partial charge in [0.25, 0.3) is 0 Å². The van der Waals surface area contributed by atoms with Gasteiger partial charge >= 0.3 is 0 Å². The predicted octanol–water partition coefficient (Wildman–Crippen LogP) is 2.42. The fourth-order valence-electron chi connectivity index (χ4n) is 2.89. The zero-order valence-corrected chi connectivity index (χ0v) is 13.1. The number of hydrogen-bond acceptors (Lipinski definition) is 3. The van der Waals surface area contributed by atoms with Gasteiger partial charge in [-0.25, -0.2) is 0 Å². The van der Waals surface area contributed by atoms with E-state index in [1.165, 1.54) is 0 Å². The van der Waals surface area contributed by atoms with Gasteiger partial charge in [-0.2, -0.15) is 0 Å². The molecule has 1 aromatic rings. The van der Waals surface area contributed by atoms with E-state index in [-0.39, 0.29) is 12.0 Å². The van der Waals surface area contributed by atoms with Gasteiger partial charge in [-0.15, -0.1) is 0 Å². The molecule has 4 nitrogen and oxygen atoms in total. The van der Waals surface area contributed by atoms with Gasteiger partial charge in [-0.1, -0.05) is 26.0 Å². The van der Waals surface area contributed by atoms with Crippen molar-refractivity contribution < 1.29 is 14.3 Å². The number of nitrogens with one attached hydrogen (secondary N) is 1. The SMILES string of the molecule is COc1cccc(CC(=O)NC[C@H]2CCO[C@H]2C(C)C)c1. The fourth-order valence-corrected chi connectivity index (χ4v) is 2.89. The molecule has 1 heterocycles. The lowest BCUT2D eigenvalue weighted by Crippen LogP contribution is -2.35. The summed E-state index contributed by atoms with van der Waals surface area (Å²) in [5.41, 5.74) is 0.968. The van der Waals surface area contributed by atoms with Gasteiger partial charge in [-0.3, -0.25) is 4.79 Å². The van der Waals surface area contributed by atoms with Crippen molar-refractivity contribution in [1.82, 2.24) is 5.32 Å². The Hall–Kier alpha value is -1.55. The van der Waals surface area contributed by atoms with Crippen LogP contribution >= 0.6 is 0 Å². The van der Waals surface area contributed by atoms with Crippen molar-refractivity contribution in [3.05, 3.63) is 29.8 Å². The van der Waals surface area contributed by atoms with Crippen LogP contribution in [0.25, 0.3) is 0 Å². The maximum Gasteiger partial charge on any atom is 0.224 e. The van der Waals surface area contributed by atoms with Crippen LogP contribution in [0.1, 0.15) is 25.8 Å². The van der Waals surface area contributed by atoms with Crippen LogP contribution in [0.5, 0.6) is 5.75 Å². The first-order valence-electron chi connectivity index (χ1n) is 7.61. The molecule has 2 atom stereocenters. The predicted molar refractivity (Wildman–Crippen MR) is 82.4 cm³/mol. The molecule has 116 valence electrons. The Bertz CT molecular complexity index is 473. The molecule has 4 heteroatoms. The molecule has 0 saturated carbocycles. The molecule has 1 aliphatic heterocycles. The van der Waals surface area contributed by atoms with E-state index in [0.717, 1.165) is 24.3 Å². The summed E-state index contributed by atoms with van der Waals surface area (Å²) < 4.78 is 10.9. The molecule has 2 rings (SSSR count). The summed E-state index contributed by atoms with van der Waals surface area (Å²) >= 11 is 0. The number of benzene rings is 1. The highest BCUT2D eigenvalue weighted by atomic mass is 16.5. The lowest BCUT2D eigenvalue weighted by molar-refractivity contribution is -0.120. The third-order valence-electron chi connectivity index (χ3n) is 3.98. The van der Waals surface area contributed by atoms with Gasteiger partial charge in [0.15, 0.2) is 0 Å². The average Bonchev–Trinajstić information content (AvgIpc) is 2.94. The van der Waals surface area contributed by atoms with Gasteiger partial charge in [0, 0.05) is 19.1 Å². The summed E-state index contributed by atoms with van der Waals surface area (Å²) in [6.45, 7) is 5.84. The van der Waals surface area contributed by atoms with Gasteiger partial charge < -0.3 is 14.8 Å². The zero-order valence-electron chi connectivity index (χ0n) is 13.1. The second-order valence-corrected chi connectivity index (χ2v) is 5.96. The minimum atomic E-state index is 0.0534. The van der Waals surface area contributed by atoms with Crippen LogP contribution in [0.4, 0.5) is 0 Å². The van der Waals surface area contributed by atoms with Crippen LogP contribution in [0.3, 0.4) is 0 Å². The number of ether oxygens (including phenoxy) is 2. The Morgan fingerprint density at radius 2 is 2.29 bits per heavy atom. The van der Waals surface area contributed by atoms with E-state index in [4.69, 9.17) is 9.47 Å². The zero-order chi connectivity index (χ0) is 15.2. The molecular weight excluding hydrogens is 266 g/mol. The summed E-state index contributed by atoms with van der Waals surface area (Å²) in [5, 5.41) is 3.04. The van der Waals surface area contributed by atoms with Crippen molar-refractivity contribution in [2.24, 2.45) is 11.8 Å². The molecule has 0 bridgehead atoms. The van der Waals surface area contributed by atoms with Crippen molar-refractivity contribution in [1.29, 1.82) is 0 Å². The smallest absolute Gasteiger partial charge is 0.224 e. The van der Waals surface area contributed by atoms with Crippen LogP contribution in [0.15, 0.2) is 24.3 Å². The molecule has 0 aromatic heterocycles. The molecule has 1 N–H and O–H groups in total. The van der Waals surface area contributed by atoms with E-state index >= 15 is 0 Å². The van der Waals surface area contributed by atoms with Gasteiger partial charge in [-0.05, 0) is 30.0 Å². The van der Waals surface area contributed by atoms with Crippen molar-refractivity contribution in [2.75, 3.05) is 20.3 Å². The van der Waals surface area contributed by atoms with Crippen molar-refractivity contribution in [2.45, 2.75) is 32.8 Å². The number of carbonyl (C=O) groups is 1.